The van der Waals surface area contributed by atoms with Gasteiger partial charge in [-0.05, 0) is 26.0 Å². The molecule has 84 valence electrons. The van der Waals surface area contributed by atoms with Crippen molar-refractivity contribution in [2.45, 2.75) is 26.0 Å². The van der Waals surface area contributed by atoms with Crippen LogP contribution in [0.25, 0.3) is 0 Å². The van der Waals surface area contributed by atoms with E-state index in [2.05, 4.69) is 5.32 Å². The minimum atomic E-state index is -0.372. The van der Waals surface area contributed by atoms with Crippen molar-refractivity contribution in [1.82, 2.24) is 5.32 Å². The topological polar surface area (TPSA) is 32.3 Å². The van der Waals surface area contributed by atoms with Gasteiger partial charge in [-0.1, -0.05) is 23.7 Å². The summed E-state index contributed by atoms with van der Waals surface area (Å²) in [5.41, 5.74) is 0.549. The monoisotopic (exact) mass is 231 g/mol. The molecule has 0 aliphatic carbocycles. The van der Waals surface area contributed by atoms with E-state index in [1.54, 1.807) is 19.1 Å². The summed E-state index contributed by atoms with van der Waals surface area (Å²) in [6, 6.07) is 4.93. The lowest BCUT2D eigenvalue weighted by Crippen LogP contribution is -2.19. The molecule has 0 radical (unpaired) electrons. The molecule has 4 heteroatoms. The molecule has 0 aliphatic rings. The van der Waals surface area contributed by atoms with E-state index in [1.807, 2.05) is 0 Å². The predicted molar refractivity (Wildman–Crippen MR) is 59.4 cm³/mol. The van der Waals surface area contributed by atoms with Gasteiger partial charge < -0.3 is 10.4 Å². The van der Waals surface area contributed by atoms with Crippen molar-refractivity contribution in [3.63, 3.8) is 0 Å². The molecule has 2 N–H and O–H groups in total. The van der Waals surface area contributed by atoms with Gasteiger partial charge in [0.15, 0.2) is 0 Å². The van der Waals surface area contributed by atoms with E-state index in [4.69, 9.17) is 16.7 Å². The lowest BCUT2D eigenvalue weighted by atomic mass is 10.2. The van der Waals surface area contributed by atoms with Crippen LogP contribution in [0.4, 0.5) is 4.39 Å². The lowest BCUT2D eigenvalue weighted by Gasteiger charge is -2.07. The highest BCUT2D eigenvalue weighted by Crippen LogP contribution is 2.17. The van der Waals surface area contributed by atoms with Crippen molar-refractivity contribution < 1.29 is 9.50 Å². The summed E-state index contributed by atoms with van der Waals surface area (Å²) in [4.78, 5) is 0. The number of aliphatic hydroxyl groups excluding tert-OH is 1. The van der Waals surface area contributed by atoms with Crippen LogP contribution in [0.1, 0.15) is 18.9 Å². The highest BCUT2D eigenvalue weighted by atomic mass is 35.5. The van der Waals surface area contributed by atoms with Crippen molar-refractivity contribution in [3.05, 3.63) is 34.6 Å². The van der Waals surface area contributed by atoms with Crippen LogP contribution in [0.15, 0.2) is 18.2 Å². The molecule has 1 aromatic rings. The second-order valence-electron chi connectivity index (χ2n) is 3.53. The first-order chi connectivity index (χ1) is 7.11. The number of hydrogen-bond donors (Lipinski definition) is 2. The van der Waals surface area contributed by atoms with Crippen molar-refractivity contribution >= 4 is 11.6 Å². The van der Waals surface area contributed by atoms with E-state index in [1.165, 1.54) is 6.07 Å². The molecule has 0 aliphatic heterocycles. The standard InChI is InChI=1S/C11H15ClFNO/c1-8(15)5-6-14-7-9-3-2-4-10(12)11(9)13/h2-4,8,14-15H,5-7H2,1H3/t8-/m1/s1. The number of nitrogens with one attached hydrogen (secondary N) is 1. The van der Waals surface area contributed by atoms with Crippen LogP contribution in [0, 0.1) is 5.82 Å². The quantitative estimate of drug-likeness (QED) is 0.763. The Bertz CT molecular complexity index is 317. The van der Waals surface area contributed by atoms with Crippen molar-refractivity contribution in [3.8, 4) is 0 Å². The van der Waals surface area contributed by atoms with Crippen molar-refractivity contribution in [2.24, 2.45) is 0 Å². The van der Waals surface area contributed by atoms with Crippen LogP contribution in [-0.4, -0.2) is 17.8 Å². The molecular formula is C11H15ClFNO. The van der Waals surface area contributed by atoms with Gasteiger partial charge in [-0.2, -0.15) is 0 Å². The molecule has 0 amide bonds. The first-order valence-corrected chi connectivity index (χ1v) is 5.30. The summed E-state index contributed by atoms with van der Waals surface area (Å²) in [5, 5.41) is 12.2. The summed E-state index contributed by atoms with van der Waals surface area (Å²) in [7, 11) is 0. The second-order valence-corrected chi connectivity index (χ2v) is 3.93. The Kier molecular flexibility index (Phi) is 5.02. The molecule has 15 heavy (non-hydrogen) atoms. The highest BCUT2D eigenvalue weighted by molar-refractivity contribution is 6.30. The fraction of sp³-hybridized carbons (Fsp3) is 0.455. The molecule has 0 unspecified atom stereocenters. The third-order valence-electron chi connectivity index (χ3n) is 2.09. The van der Waals surface area contributed by atoms with Gasteiger partial charge >= 0.3 is 0 Å². The first kappa shape index (κ1) is 12.4. The van der Waals surface area contributed by atoms with E-state index < -0.39 is 0 Å². The number of halogens is 2. The smallest absolute Gasteiger partial charge is 0.146 e. The molecule has 0 saturated heterocycles. The Morgan fingerprint density at radius 3 is 2.93 bits per heavy atom. The fourth-order valence-corrected chi connectivity index (χ4v) is 1.41. The van der Waals surface area contributed by atoms with E-state index >= 15 is 0 Å². The first-order valence-electron chi connectivity index (χ1n) is 4.93. The van der Waals surface area contributed by atoms with Crippen LogP contribution in [-0.2, 0) is 6.54 Å². The van der Waals surface area contributed by atoms with Crippen molar-refractivity contribution in [2.75, 3.05) is 6.54 Å². The minimum Gasteiger partial charge on any atom is -0.393 e. The maximum Gasteiger partial charge on any atom is 0.146 e. The van der Waals surface area contributed by atoms with Gasteiger partial charge in [-0.15, -0.1) is 0 Å². The summed E-state index contributed by atoms with van der Waals surface area (Å²) >= 11 is 5.63. The zero-order valence-corrected chi connectivity index (χ0v) is 9.39. The summed E-state index contributed by atoms with van der Waals surface area (Å²) in [5.74, 6) is -0.372. The fourth-order valence-electron chi connectivity index (χ4n) is 1.22. The molecule has 0 aromatic heterocycles. The van der Waals surface area contributed by atoms with Crippen LogP contribution in [0.3, 0.4) is 0 Å². The zero-order chi connectivity index (χ0) is 11.3. The van der Waals surface area contributed by atoms with E-state index in [0.29, 0.717) is 25.1 Å². The normalized spacial score (nSPS) is 12.8. The van der Waals surface area contributed by atoms with Crippen LogP contribution >= 0.6 is 11.6 Å². The molecule has 0 heterocycles. The Hall–Kier alpha value is -0.640. The average molecular weight is 232 g/mol. The molecule has 0 bridgehead atoms. The number of rotatable bonds is 5. The van der Waals surface area contributed by atoms with Gasteiger partial charge in [-0.3, -0.25) is 0 Å². The highest BCUT2D eigenvalue weighted by Gasteiger charge is 2.05. The number of aliphatic hydroxyl groups is 1. The predicted octanol–water partition coefficient (Wildman–Crippen LogP) is 2.34. The SMILES string of the molecule is C[C@@H](O)CCNCc1cccc(Cl)c1F. The maximum absolute atomic E-state index is 13.4. The Balaban J connectivity index is 2.41. The summed E-state index contributed by atoms with van der Waals surface area (Å²) in [6.07, 6.45) is 0.323. The minimum absolute atomic E-state index is 0.143. The third-order valence-corrected chi connectivity index (χ3v) is 2.38. The van der Waals surface area contributed by atoms with E-state index in [0.717, 1.165) is 0 Å². The second kappa shape index (κ2) is 6.05. The molecule has 1 rings (SSSR count). The Morgan fingerprint density at radius 2 is 2.27 bits per heavy atom. The molecule has 0 saturated carbocycles. The van der Waals surface area contributed by atoms with Gasteiger partial charge in [0, 0.05) is 12.1 Å². The zero-order valence-electron chi connectivity index (χ0n) is 8.63. The van der Waals surface area contributed by atoms with E-state index in [-0.39, 0.29) is 16.9 Å². The van der Waals surface area contributed by atoms with Gasteiger partial charge in [-0.25, -0.2) is 4.39 Å². The molecule has 0 spiro atoms. The van der Waals surface area contributed by atoms with Crippen molar-refractivity contribution in [1.29, 1.82) is 0 Å². The molecular weight excluding hydrogens is 217 g/mol. The summed E-state index contributed by atoms with van der Waals surface area (Å²) in [6.45, 7) is 2.81. The van der Waals surface area contributed by atoms with Gasteiger partial charge in [0.1, 0.15) is 5.82 Å². The number of benzene rings is 1. The largest absolute Gasteiger partial charge is 0.393 e. The number of hydrogen-bond acceptors (Lipinski definition) is 2. The molecule has 0 fully saturated rings. The van der Waals surface area contributed by atoms with Gasteiger partial charge in [0.2, 0.25) is 0 Å². The van der Waals surface area contributed by atoms with Crippen LogP contribution < -0.4 is 5.32 Å². The van der Waals surface area contributed by atoms with Gasteiger partial charge in [0.05, 0.1) is 11.1 Å². The third kappa shape index (κ3) is 4.16. The Labute approximate surface area is 94.1 Å². The van der Waals surface area contributed by atoms with Gasteiger partial charge in [0.25, 0.3) is 0 Å². The van der Waals surface area contributed by atoms with Crippen LogP contribution in [0.2, 0.25) is 5.02 Å². The lowest BCUT2D eigenvalue weighted by molar-refractivity contribution is 0.183. The van der Waals surface area contributed by atoms with Crippen LogP contribution in [0.5, 0.6) is 0 Å². The van der Waals surface area contributed by atoms with E-state index in [9.17, 15) is 4.39 Å². The molecule has 1 atom stereocenters. The average Bonchev–Trinajstić information content (AvgIpc) is 2.18. The summed E-state index contributed by atoms with van der Waals surface area (Å²) < 4.78 is 13.4. The Morgan fingerprint density at radius 1 is 1.53 bits per heavy atom. The molecule has 1 aromatic carbocycles. The maximum atomic E-state index is 13.4. The molecule has 2 nitrogen and oxygen atoms in total.